The van der Waals surface area contributed by atoms with Crippen molar-refractivity contribution in [2.24, 2.45) is 5.10 Å². The molecule has 1 aliphatic carbocycles. The standard InChI is InChI=1S/C14H13N5O2S/c20-19(21)12-6-2-1-4-10(12)5-3-9-15-18-13(11-7-8-11)16-17-14(18)22/h1-6,9,11H,7-8H2,(H,17,22)/b5-3+,15-9-. The minimum absolute atomic E-state index is 0.0609. The van der Waals surface area contributed by atoms with Crippen molar-refractivity contribution in [3.63, 3.8) is 0 Å². The summed E-state index contributed by atoms with van der Waals surface area (Å²) in [5.41, 5.74) is 0.586. The van der Waals surface area contributed by atoms with Gasteiger partial charge in [-0.25, -0.2) is 0 Å². The van der Waals surface area contributed by atoms with E-state index in [1.165, 1.54) is 6.07 Å². The van der Waals surface area contributed by atoms with Crippen molar-refractivity contribution in [1.29, 1.82) is 0 Å². The molecule has 1 saturated carbocycles. The molecular weight excluding hydrogens is 302 g/mol. The van der Waals surface area contributed by atoms with E-state index < -0.39 is 4.92 Å². The minimum Gasteiger partial charge on any atom is -0.258 e. The molecule has 1 heterocycles. The van der Waals surface area contributed by atoms with E-state index in [1.807, 2.05) is 0 Å². The van der Waals surface area contributed by atoms with Crippen LogP contribution in [0, 0.1) is 14.9 Å². The van der Waals surface area contributed by atoms with Gasteiger partial charge in [-0.15, -0.1) is 0 Å². The number of H-pyrrole nitrogens is 1. The van der Waals surface area contributed by atoms with Gasteiger partial charge in [0.25, 0.3) is 5.69 Å². The third-order valence-electron chi connectivity index (χ3n) is 3.30. The van der Waals surface area contributed by atoms with Gasteiger partial charge in [-0.1, -0.05) is 12.1 Å². The number of rotatable bonds is 5. The van der Waals surface area contributed by atoms with Crippen LogP contribution >= 0.6 is 12.2 Å². The number of hydrogen-bond donors (Lipinski definition) is 1. The van der Waals surface area contributed by atoms with Gasteiger partial charge in [-0.2, -0.15) is 14.9 Å². The SMILES string of the molecule is O=[N+]([O-])c1ccccc1/C=C/C=N\n1c(C2CC2)n[nH]c1=S. The summed E-state index contributed by atoms with van der Waals surface area (Å²) < 4.78 is 2.04. The summed E-state index contributed by atoms with van der Waals surface area (Å²) in [6, 6.07) is 6.53. The van der Waals surface area contributed by atoms with Gasteiger partial charge in [0.1, 0.15) is 0 Å². The van der Waals surface area contributed by atoms with Crippen LogP contribution in [0.15, 0.2) is 35.4 Å². The number of aromatic amines is 1. The number of allylic oxidation sites excluding steroid dienone is 1. The second kappa shape index (κ2) is 6.02. The molecule has 0 saturated heterocycles. The molecule has 8 heteroatoms. The highest BCUT2D eigenvalue weighted by Gasteiger charge is 2.29. The highest BCUT2D eigenvalue weighted by atomic mass is 32.1. The zero-order valence-corrected chi connectivity index (χ0v) is 12.4. The van der Waals surface area contributed by atoms with Crippen LogP contribution < -0.4 is 0 Å². The van der Waals surface area contributed by atoms with Gasteiger partial charge in [0.05, 0.1) is 10.5 Å². The van der Waals surface area contributed by atoms with E-state index in [1.54, 1.807) is 41.2 Å². The molecule has 0 bridgehead atoms. The smallest absolute Gasteiger partial charge is 0.258 e. The number of hydrogen-bond acceptors (Lipinski definition) is 5. The summed E-state index contributed by atoms with van der Waals surface area (Å²) in [5.74, 6) is 1.25. The van der Waals surface area contributed by atoms with Crippen molar-refractivity contribution < 1.29 is 4.92 Å². The molecule has 0 unspecified atom stereocenters. The van der Waals surface area contributed by atoms with Crippen LogP contribution in [0.4, 0.5) is 5.69 Å². The van der Waals surface area contributed by atoms with E-state index in [-0.39, 0.29) is 5.69 Å². The third-order valence-corrected chi connectivity index (χ3v) is 3.56. The van der Waals surface area contributed by atoms with Gasteiger partial charge in [-0.3, -0.25) is 15.2 Å². The van der Waals surface area contributed by atoms with Crippen molar-refractivity contribution in [3.05, 3.63) is 56.6 Å². The monoisotopic (exact) mass is 315 g/mol. The molecule has 0 radical (unpaired) electrons. The molecule has 0 spiro atoms. The lowest BCUT2D eigenvalue weighted by atomic mass is 10.2. The second-order valence-corrected chi connectivity index (χ2v) is 5.30. The van der Waals surface area contributed by atoms with Crippen LogP contribution in [0.25, 0.3) is 6.08 Å². The quantitative estimate of drug-likeness (QED) is 0.397. The Balaban J connectivity index is 1.79. The molecule has 1 aromatic carbocycles. The average Bonchev–Trinajstić information content (AvgIpc) is 3.28. The molecule has 112 valence electrons. The molecule has 1 N–H and O–H groups in total. The molecule has 1 fully saturated rings. The summed E-state index contributed by atoms with van der Waals surface area (Å²) in [7, 11) is 0. The number of benzene rings is 1. The molecule has 22 heavy (non-hydrogen) atoms. The summed E-state index contributed by atoms with van der Waals surface area (Å²) in [4.78, 5) is 10.5. The van der Waals surface area contributed by atoms with Crippen LogP contribution in [0.1, 0.15) is 30.1 Å². The maximum absolute atomic E-state index is 10.9. The highest BCUT2D eigenvalue weighted by molar-refractivity contribution is 7.71. The fourth-order valence-corrected chi connectivity index (χ4v) is 2.25. The topological polar surface area (TPSA) is 89.1 Å². The Hall–Kier alpha value is -2.61. The summed E-state index contributed by atoms with van der Waals surface area (Å²) in [6.45, 7) is 0. The number of nitrogens with one attached hydrogen (secondary N) is 1. The predicted octanol–water partition coefficient (Wildman–Crippen LogP) is 3.27. The summed E-state index contributed by atoms with van der Waals surface area (Å²) >= 11 is 5.14. The number of nitro groups is 1. The highest BCUT2D eigenvalue weighted by Crippen LogP contribution is 2.38. The molecule has 7 nitrogen and oxygen atoms in total. The van der Waals surface area contributed by atoms with Crippen molar-refractivity contribution in [2.45, 2.75) is 18.8 Å². The van der Waals surface area contributed by atoms with Crippen LogP contribution in [0.3, 0.4) is 0 Å². The first kappa shape index (κ1) is 14.3. The number of aromatic nitrogens is 3. The Morgan fingerprint density at radius 3 is 2.95 bits per heavy atom. The lowest BCUT2D eigenvalue weighted by molar-refractivity contribution is -0.385. The van der Waals surface area contributed by atoms with Crippen LogP contribution in [0.2, 0.25) is 0 Å². The number of para-hydroxylation sites is 1. The molecule has 0 atom stereocenters. The fraction of sp³-hybridized carbons (Fsp3) is 0.214. The van der Waals surface area contributed by atoms with Crippen LogP contribution in [0.5, 0.6) is 0 Å². The van der Waals surface area contributed by atoms with Crippen LogP contribution in [-0.2, 0) is 0 Å². The third kappa shape index (κ3) is 3.01. The van der Waals surface area contributed by atoms with Crippen molar-refractivity contribution in [2.75, 3.05) is 0 Å². The van der Waals surface area contributed by atoms with Crippen molar-refractivity contribution in [1.82, 2.24) is 14.9 Å². The van der Waals surface area contributed by atoms with Gasteiger partial charge in [0.15, 0.2) is 5.82 Å². The first-order chi connectivity index (χ1) is 10.7. The maximum atomic E-state index is 10.9. The van der Waals surface area contributed by atoms with E-state index in [4.69, 9.17) is 12.2 Å². The zero-order valence-electron chi connectivity index (χ0n) is 11.5. The van der Waals surface area contributed by atoms with E-state index >= 15 is 0 Å². The fourth-order valence-electron chi connectivity index (χ4n) is 2.07. The Bertz CT molecular complexity index is 817. The predicted molar refractivity (Wildman–Crippen MR) is 85.4 cm³/mol. The summed E-state index contributed by atoms with van der Waals surface area (Å²) in [6.07, 6.45) is 7.03. The van der Waals surface area contributed by atoms with E-state index in [0.717, 1.165) is 18.7 Å². The van der Waals surface area contributed by atoms with Gasteiger partial charge in [-0.05, 0) is 43.3 Å². The number of nitro benzene ring substituents is 1. The van der Waals surface area contributed by atoms with Gasteiger partial charge >= 0.3 is 0 Å². The van der Waals surface area contributed by atoms with Gasteiger partial charge < -0.3 is 0 Å². The molecular formula is C14H13N5O2S. The lowest BCUT2D eigenvalue weighted by Crippen LogP contribution is -1.96. The second-order valence-electron chi connectivity index (χ2n) is 4.91. The normalized spacial score (nSPS) is 14.9. The minimum atomic E-state index is -0.409. The molecule has 1 aliphatic rings. The van der Waals surface area contributed by atoms with Gasteiger partial charge in [0, 0.05) is 18.2 Å². The molecule has 1 aromatic heterocycles. The van der Waals surface area contributed by atoms with E-state index in [9.17, 15) is 10.1 Å². The summed E-state index contributed by atoms with van der Waals surface area (Å²) in [5, 5.41) is 22.1. The molecule has 2 aromatic rings. The Labute approximate surface area is 131 Å². The Morgan fingerprint density at radius 2 is 2.23 bits per heavy atom. The van der Waals surface area contributed by atoms with Crippen molar-refractivity contribution in [3.8, 4) is 0 Å². The van der Waals surface area contributed by atoms with E-state index in [2.05, 4.69) is 15.3 Å². The number of nitrogens with zero attached hydrogens (tertiary/aromatic N) is 4. The first-order valence-corrected chi connectivity index (χ1v) is 7.19. The maximum Gasteiger partial charge on any atom is 0.276 e. The Morgan fingerprint density at radius 1 is 1.45 bits per heavy atom. The lowest BCUT2D eigenvalue weighted by Gasteiger charge is -1.96. The Kier molecular flexibility index (Phi) is 3.92. The first-order valence-electron chi connectivity index (χ1n) is 6.78. The molecule has 3 rings (SSSR count). The van der Waals surface area contributed by atoms with Crippen molar-refractivity contribution >= 4 is 30.2 Å². The van der Waals surface area contributed by atoms with Gasteiger partial charge in [0.2, 0.25) is 4.77 Å². The average molecular weight is 315 g/mol. The largest absolute Gasteiger partial charge is 0.276 e. The zero-order chi connectivity index (χ0) is 15.5. The molecule has 0 aliphatic heterocycles. The molecule has 0 amide bonds. The van der Waals surface area contributed by atoms with E-state index in [0.29, 0.717) is 16.3 Å². The van der Waals surface area contributed by atoms with Crippen LogP contribution in [-0.4, -0.2) is 26.0 Å².